The Labute approximate surface area is 119 Å². The first-order valence-corrected chi connectivity index (χ1v) is 6.63. The lowest BCUT2D eigenvalue weighted by Crippen LogP contribution is -2.15. The maximum Gasteiger partial charge on any atom is 0.142 e. The fourth-order valence-electron chi connectivity index (χ4n) is 1.87. The highest BCUT2D eigenvalue weighted by Crippen LogP contribution is 2.29. The SMILES string of the molecule is Cc1ccc(Cl)cc1C(N)c1cccc(Br)c1F. The summed E-state index contributed by atoms with van der Waals surface area (Å²) in [5, 5.41) is 0.599. The molecule has 0 aliphatic carbocycles. The van der Waals surface area contributed by atoms with Crippen molar-refractivity contribution in [2.75, 3.05) is 0 Å². The predicted molar refractivity (Wildman–Crippen MR) is 76.3 cm³/mol. The molecule has 0 fully saturated rings. The summed E-state index contributed by atoms with van der Waals surface area (Å²) in [5.74, 6) is -0.329. The average molecular weight is 329 g/mol. The molecular weight excluding hydrogens is 317 g/mol. The van der Waals surface area contributed by atoms with Crippen LogP contribution in [0.15, 0.2) is 40.9 Å². The van der Waals surface area contributed by atoms with Gasteiger partial charge in [0.25, 0.3) is 0 Å². The zero-order chi connectivity index (χ0) is 13.3. The minimum Gasteiger partial charge on any atom is -0.320 e. The Morgan fingerprint density at radius 2 is 1.94 bits per heavy atom. The van der Waals surface area contributed by atoms with E-state index in [2.05, 4.69) is 15.9 Å². The van der Waals surface area contributed by atoms with E-state index in [1.165, 1.54) is 0 Å². The maximum absolute atomic E-state index is 14.0. The highest BCUT2D eigenvalue weighted by Gasteiger charge is 2.17. The number of aryl methyl sites for hydroxylation is 1. The van der Waals surface area contributed by atoms with Crippen molar-refractivity contribution in [3.63, 3.8) is 0 Å². The van der Waals surface area contributed by atoms with Crippen LogP contribution in [0.5, 0.6) is 0 Å². The molecule has 0 aliphatic heterocycles. The second-order valence-corrected chi connectivity index (χ2v) is 5.41. The number of hydrogen-bond acceptors (Lipinski definition) is 1. The van der Waals surface area contributed by atoms with Gasteiger partial charge in [-0.3, -0.25) is 0 Å². The molecule has 0 spiro atoms. The van der Waals surface area contributed by atoms with E-state index in [4.69, 9.17) is 17.3 Å². The van der Waals surface area contributed by atoms with Gasteiger partial charge in [-0.2, -0.15) is 0 Å². The first-order valence-electron chi connectivity index (χ1n) is 5.46. The first kappa shape index (κ1) is 13.5. The van der Waals surface area contributed by atoms with E-state index in [9.17, 15) is 4.39 Å². The third kappa shape index (κ3) is 2.58. The molecule has 0 radical (unpaired) electrons. The van der Waals surface area contributed by atoms with Crippen LogP contribution in [-0.2, 0) is 0 Å². The molecule has 18 heavy (non-hydrogen) atoms. The van der Waals surface area contributed by atoms with E-state index >= 15 is 0 Å². The predicted octanol–water partition coefficient (Wildman–Crippen LogP) is 4.60. The van der Waals surface area contributed by atoms with Crippen molar-refractivity contribution in [1.29, 1.82) is 0 Å². The smallest absolute Gasteiger partial charge is 0.142 e. The molecule has 0 amide bonds. The van der Waals surface area contributed by atoms with Gasteiger partial charge >= 0.3 is 0 Å². The fraction of sp³-hybridized carbons (Fsp3) is 0.143. The second-order valence-electron chi connectivity index (χ2n) is 4.12. The van der Waals surface area contributed by atoms with Gasteiger partial charge in [0.05, 0.1) is 10.5 Å². The summed E-state index contributed by atoms with van der Waals surface area (Å²) in [6, 6.07) is 10.0. The van der Waals surface area contributed by atoms with Crippen molar-refractivity contribution in [2.45, 2.75) is 13.0 Å². The Hall–Kier alpha value is -0.900. The van der Waals surface area contributed by atoms with Crippen LogP contribution < -0.4 is 5.73 Å². The van der Waals surface area contributed by atoms with Gasteiger partial charge in [-0.25, -0.2) is 4.39 Å². The summed E-state index contributed by atoms with van der Waals surface area (Å²) < 4.78 is 14.4. The molecule has 0 saturated carbocycles. The van der Waals surface area contributed by atoms with E-state index in [1.807, 2.05) is 13.0 Å². The number of benzene rings is 2. The topological polar surface area (TPSA) is 26.0 Å². The summed E-state index contributed by atoms with van der Waals surface area (Å²) in [5.41, 5.74) is 8.41. The van der Waals surface area contributed by atoms with Crippen molar-refractivity contribution in [2.24, 2.45) is 5.73 Å². The lowest BCUT2D eigenvalue weighted by Gasteiger charge is -2.16. The molecule has 0 heterocycles. The zero-order valence-corrected chi connectivity index (χ0v) is 12.1. The van der Waals surface area contributed by atoms with Crippen molar-refractivity contribution < 1.29 is 4.39 Å². The van der Waals surface area contributed by atoms with Crippen molar-refractivity contribution in [3.8, 4) is 0 Å². The van der Waals surface area contributed by atoms with Crippen LogP contribution in [0.4, 0.5) is 4.39 Å². The summed E-state index contributed by atoms with van der Waals surface area (Å²) >= 11 is 9.12. The molecule has 0 bridgehead atoms. The van der Waals surface area contributed by atoms with Crippen LogP contribution >= 0.6 is 27.5 Å². The molecule has 94 valence electrons. The molecule has 0 aromatic heterocycles. The molecule has 2 rings (SSSR count). The molecule has 1 atom stereocenters. The molecule has 2 aromatic carbocycles. The van der Waals surface area contributed by atoms with Gasteiger partial charge in [-0.05, 0) is 52.2 Å². The molecule has 4 heteroatoms. The standard InChI is InChI=1S/C14H12BrClFN/c1-8-5-6-9(16)7-11(8)14(18)10-3-2-4-12(15)13(10)17/h2-7,14H,18H2,1H3. The minimum atomic E-state index is -0.527. The lowest BCUT2D eigenvalue weighted by molar-refractivity contribution is 0.593. The molecule has 0 aliphatic rings. The molecule has 1 unspecified atom stereocenters. The molecule has 2 aromatic rings. The van der Waals surface area contributed by atoms with E-state index in [0.29, 0.717) is 15.1 Å². The van der Waals surface area contributed by atoms with Crippen LogP contribution in [0.1, 0.15) is 22.7 Å². The highest BCUT2D eigenvalue weighted by molar-refractivity contribution is 9.10. The van der Waals surface area contributed by atoms with Gasteiger partial charge in [0, 0.05) is 10.6 Å². The Morgan fingerprint density at radius 1 is 1.22 bits per heavy atom. The Balaban J connectivity index is 2.51. The minimum absolute atomic E-state index is 0.329. The van der Waals surface area contributed by atoms with Gasteiger partial charge in [0.2, 0.25) is 0 Å². The molecule has 0 saturated heterocycles. The van der Waals surface area contributed by atoms with Crippen LogP contribution in [0.25, 0.3) is 0 Å². The van der Waals surface area contributed by atoms with E-state index < -0.39 is 6.04 Å². The van der Waals surface area contributed by atoms with Crippen molar-refractivity contribution in [3.05, 3.63) is 68.4 Å². The zero-order valence-electron chi connectivity index (χ0n) is 9.75. The third-order valence-corrected chi connectivity index (χ3v) is 3.74. The van der Waals surface area contributed by atoms with Gasteiger partial charge in [0.15, 0.2) is 0 Å². The normalized spacial score (nSPS) is 12.5. The molecule has 1 nitrogen and oxygen atoms in total. The summed E-state index contributed by atoms with van der Waals surface area (Å²) in [6.07, 6.45) is 0. The quantitative estimate of drug-likeness (QED) is 0.856. The van der Waals surface area contributed by atoms with Crippen molar-refractivity contribution >= 4 is 27.5 Å². The molecular formula is C14H12BrClFN. The number of hydrogen-bond donors (Lipinski definition) is 1. The van der Waals surface area contributed by atoms with Crippen LogP contribution in [0.2, 0.25) is 5.02 Å². The van der Waals surface area contributed by atoms with Crippen LogP contribution in [0.3, 0.4) is 0 Å². The average Bonchev–Trinajstić information content (AvgIpc) is 2.35. The number of nitrogens with two attached hydrogens (primary N) is 1. The van der Waals surface area contributed by atoms with Gasteiger partial charge in [-0.1, -0.05) is 29.8 Å². The van der Waals surface area contributed by atoms with Gasteiger partial charge in [0.1, 0.15) is 5.82 Å². The van der Waals surface area contributed by atoms with Crippen LogP contribution in [-0.4, -0.2) is 0 Å². The highest BCUT2D eigenvalue weighted by atomic mass is 79.9. The summed E-state index contributed by atoms with van der Waals surface area (Å²) in [7, 11) is 0. The monoisotopic (exact) mass is 327 g/mol. The number of rotatable bonds is 2. The first-order chi connectivity index (χ1) is 8.50. The van der Waals surface area contributed by atoms with E-state index in [1.54, 1.807) is 30.3 Å². The Kier molecular flexibility index (Phi) is 4.05. The third-order valence-electron chi connectivity index (χ3n) is 2.89. The van der Waals surface area contributed by atoms with Crippen molar-refractivity contribution in [1.82, 2.24) is 0 Å². The summed E-state index contributed by atoms with van der Waals surface area (Å²) in [6.45, 7) is 1.93. The Morgan fingerprint density at radius 3 is 2.67 bits per heavy atom. The fourth-order valence-corrected chi connectivity index (χ4v) is 2.44. The van der Waals surface area contributed by atoms with Crippen LogP contribution in [0, 0.1) is 12.7 Å². The largest absolute Gasteiger partial charge is 0.320 e. The maximum atomic E-state index is 14.0. The van der Waals surface area contributed by atoms with E-state index in [0.717, 1.165) is 11.1 Å². The molecule has 2 N–H and O–H groups in total. The van der Waals surface area contributed by atoms with Gasteiger partial charge in [-0.15, -0.1) is 0 Å². The number of halogens is 3. The van der Waals surface area contributed by atoms with Gasteiger partial charge < -0.3 is 5.73 Å². The second kappa shape index (κ2) is 5.39. The van der Waals surface area contributed by atoms with E-state index in [-0.39, 0.29) is 5.82 Å². The summed E-state index contributed by atoms with van der Waals surface area (Å²) in [4.78, 5) is 0. The lowest BCUT2D eigenvalue weighted by atomic mass is 9.95. The Bertz CT molecular complexity index is 584.